The highest BCUT2D eigenvalue weighted by Gasteiger charge is 2.22. The van der Waals surface area contributed by atoms with Gasteiger partial charge >= 0.3 is 15.2 Å². The third-order valence-corrected chi connectivity index (χ3v) is 2.75. The summed E-state index contributed by atoms with van der Waals surface area (Å²) in [5.41, 5.74) is 1.39. The van der Waals surface area contributed by atoms with Crippen molar-refractivity contribution < 1.29 is 17.8 Å². The highest BCUT2D eigenvalue weighted by Crippen LogP contribution is 2.14. The van der Waals surface area contributed by atoms with Crippen LogP contribution in [-0.4, -0.2) is 18.1 Å². The molecule has 0 saturated heterocycles. The van der Waals surface area contributed by atoms with E-state index in [9.17, 15) is 13.2 Å². The Balaban J connectivity index is 3.35. The van der Waals surface area contributed by atoms with Crippen LogP contribution in [0.4, 0.5) is 0 Å². The molecule has 0 fully saturated rings. The summed E-state index contributed by atoms with van der Waals surface area (Å²) in [6, 6.07) is 4.70. The van der Waals surface area contributed by atoms with E-state index in [0.29, 0.717) is 5.56 Å². The number of carbonyl (C=O) groups excluding carboxylic acids is 1. The van der Waals surface area contributed by atoms with Crippen molar-refractivity contribution in [1.82, 2.24) is 0 Å². The van der Waals surface area contributed by atoms with Gasteiger partial charge in [-0.1, -0.05) is 12.1 Å². The number of hydrogen-bond acceptors (Lipinski definition) is 3. The van der Waals surface area contributed by atoms with Gasteiger partial charge in [0.2, 0.25) is 0 Å². The summed E-state index contributed by atoms with van der Waals surface area (Å²) in [5, 5.41) is -1.25. The Morgan fingerprint density at radius 2 is 1.86 bits per heavy atom. The van der Waals surface area contributed by atoms with Gasteiger partial charge in [-0.05, 0) is 31.0 Å². The van der Waals surface area contributed by atoms with E-state index in [-0.39, 0.29) is 5.56 Å². The molecule has 1 rings (SSSR count). The van der Waals surface area contributed by atoms with Crippen molar-refractivity contribution in [3.63, 3.8) is 0 Å². The molecular weight excluding hydrogens is 204 g/mol. The molecule has 0 saturated carbocycles. The Hall–Kier alpha value is -1.20. The molecule has 0 unspecified atom stereocenters. The zero-order chi connectivity index (χ0) is 10.9. The van der Waals surface area contributed by atoms with Crippen LogP contribution >= 0.6 is 0 Å². The van der Waals surface area contributed by atoms with Crippen molar-refractivity contribution in [2.45, 2.75) is 13.8 Å². The predicted molar refractivity (Wildman–Crippen MR) is 51.8 cm³/mol. The molecule has 0 aliphatic heterocycles. The Kier molecular flexibility index (Phi) is 2.73. The van der Waals surface area contributed by atoms with Crippen LogP contribution in [0.5, 0.6) is 0 Å². The second-order valence-electron chi connectivity index (χ2n) is 3.01. The first-order valence-electron chi connectivity index (χ1n) is 3.92. The Bertz CT molecular complexity index is 474. The molecule has 14 heavy (non-hydrogen) atoms. The van der Waals surface area contributed by atoms with Crippen molar-refractivity contribution in [2.24, 2.45) is 0 Å². The number of benzene rings is 1. The highest BCUT2D eigenvalue weighted by molar-refractivity contribution is 8.01. The topological polar surface area (TPSA) is 71.4 Å². The van der Waals surface area contributed by atoms with Crippen molar-refractivity contribution in [3.8, 4) is 0 Å². The van der Waals surface area contributed by atoms with Gasteiger partial charge in [-0.15, -0.1) is 0 Å². The third kappa shape index (κ3) is 2.00. The van der Waals surface area contributed by atoms with E-state index < -0.39 is 15.2 Å². The molecule has 0 amide bonds. The highest BCUT2D eigenvalue weighted by atomic mass is 32.2. The van der Waals surface area contributed by atoms with E-state index in [4.69, 9.17) is 4.55 Å². The van der Waals surface area contributed by atoms with E-state index in [1.165, 1.54) is 6.07 Å². The van der Waals surface area contributed by atoms with Gasteiger partial charge in [-0.25, -0.2) is 0 Å². The first-order chi connectivity index (χ1) is 6.34. The van der Waals surface area contributed by atoms with Crippen molar-refractivity contribution in [1.29, 1.82) is 0 Å². The first-order valence-corrected chi connectivity index (χ1v) is 5.36. The molecule has 0 aliphatic rings. The van der Waals surface area contributed by atoms with Crippen LogP contribution in [0, 0.1) is 13.8 Å². The Morgan fingerprint density at radius 3 is 2.36 bits per heavy atom. The maximum absolute atomic E-state index is 11.2. The number of hydrogen-bond donors (Lipinski definition) is 1. The lowest BCUT2D eigenvalue weighted by Crippen LogP contribution is -2.15. The average molecular weight is 214 g/mol. The zero-order valence-corrected chi connectivity index (χ0v) is 8.63. The zero-order valence-electron chi connectivity index (χ0n) is 7.81. The molecule has 4 nitrogen and oxygen atoms in total. The summed E-state index contributed by atoms with van der Waals surface area (Å²) in [7, 11) is -4.63. The largest absolute Gasteiger partial charge is 0.333 e. The summed E-state index contributed by atoms with van der Waals surface area (Å²) < 4.78 is 29.8. The smallest absolute Gasteiger partial charge is 0.279 e. The lowest BCUT2D eigenvalue weighted by molar-refractivity contribution is 0.106. The van der Waals surface area contributed by atoms with E-state index in [1.54, 1.807) is 26.0 Å². The minimum Gasteiger partial charge on any atom is -0.279 e. The van der Waals surface area contributed by atoms with Gasteiger partial charge in [-0.3, -0.25) is 9.35 Å². The van der Waals surface area contributed by atoms with Crippen LogP contribution in [0.25, 0.3) is 0 Å². The monoisotopic (exact) mass is 214 g/mol. The van der Waals surface area contributed by atoms with Gasteiger partial charge in [0.05, 0.1) is 0 Å². The van der Waals surface area contributed by atoms with Crippen LogP contribution in [0.15, 0.2) is 18.2 Å². The van der Waals surface area contributed by atoms with Gasteiger partial charge in [-0.2, -0.15) is 8.42 Å². The van der Waals surface area contributed by atoms with Crippen LogP contribution in [0.2, 0.25) is 0 Å². The minimum atomic E-state index is -4.63. The molecule has 5 heteroatoms. The molecule has 1 aromatic carbocycles. The number of rotatable bonds is 1. The molecule has 0 heterocycles. The summed E-state index contributed by atoms with van der Waals surface area (Å²) in [6.07, 6.45) is 0. The molecule has 76 valence electrons. The van der Waals surface area contributed by atoms with E-state index in [1.807, 2.05) is 0 Å². The average Bonchev–Trinajstić information content (AvgIpc) is 2.07. The summed E-state index contributed by atoms with van der Waals surface area (Å²) in [4.78, 5) is 11.2. The van der Waals surface area contributed by atoms with Crippen molar-refractivity contribution in [3.05, 3.63) is 34.9 Å². The predicted octanol–water partition coefficient (Wildman–Crippen LogP) is 1.33. The van der Waals surface area contributed by atoms with Gasteiger partial charge in [0, 0.05) is 5.56 Å². The van der Waals surface area contributed by atoms with Crippen molar-refractivity contribution in [2.75, 3.05) is 0 Å². The van der Waals surface area contributed by atoms with Crippen LogP contribution in [-0.2, 0) is 10.1 Å². The van der Waals surface area contributed by atoms with Gasteiger partial charge in [0.15, 0.2) is 0 Å². The Labute approximate surface area is 82.3 Å². The molecular formula is C9H10O4S. The lowest BCUT2D eigenvalue weighted by atomic mass is 10.0. The standard InChI is InChI=1S/C9H10O4S/c1-6-4-3-5-8(7(6)2)9(10)14(11,12)13/h3-5H,1-2H3,(H,11,12,13). The summed E-state index contributed by atoms with van der Waals surface area (Å²) >= 11 is 0. The maximum atomic E-state index is 11.2. The molecule has 0 spiro atoms. The first kappa shape index (κ1) is 10.9. The van der Waals surface area contributed by atoms with E-state index in [2.05, 4.69) is 0 Å². The second-order valence-corrected chi connectivity index (χ2v) is 4.33. The second kappa shape index (κ2) is 3.51. The molecule has 1 N–H and O–H groups in total. The summed E-state index contributed by atoms with van der Waals surface area (Å²) in [6.45, 7) is 3.39. The SMILES string of the molecule is Cc1cccc(C(=O)S(=O)(=O)O)c1C. The van der Waals surface area contributed by atoms with Gasteiger partial charge in [0.1, 0.15) is 0 Å². The van der Waals surface area contributed by atoms with Gasteiger partial charge < -0.3 is 0 Å². The quantitative estimate of drug-likeness (QED) is 0.716. The molecule has 0 aromatic heterocycles. The fraction of sp³-hybridized carbons (Fsp3) is 0.222. The fourth-order valence-corrected chi connectivity index (χ4v) is 1.61. The number of aryl methyl sites for hydroxylation is 1. The normalized spacial score (nSPS) is 11.4. The summed E-state index contributed by atoms with van der Waals surface area (Å²) in [5.74, 6) is 0. The van der Waals surface area contributed by atoms with Crippen LogP contribution in [0.1, 0.15) is 21.5 Å². The minimum absolute atomic E-state index is 0.0208. The van der Waals surface area contributed by atoms with Crippen molar-refractivity contribution >= 4 is 15.2 Å². The van der Waals surface area contributed by atoms with E-state index in [0.717, 1.165) is 5.56 Å². The van der Waals surface area contributed by atoms with Crippen LogP contribution in [0.3, 0.4) is 0 Å². The number of carbonyl (C=O) groups is 1. The van der Waals surface area contributed by atoms with E-state index >= 15 is 0 Å². The molecule has 0 atom stereocenters. The molecule has 0 aliphatic carbocycles. The molecule has 1 aromatic rings. The lowest BCUT2D eigenvalue weighted by Gasteiger charge is -2.04. The fourth-order valence-electron chi connectivity index (χ4n) is 1.11. The molecule has 0 radical (unpaired) electrons. The van der Waals surface area contributed by atoms with Gasteiger partial charge in [0.25, 0.3) is 0 Å². The maximum Gasteiger partial charge on any atom is 0.333 e. The third-order valence-electron chi connectivity index (χ3n) is 2.06. The van der Waals surface area contributed by atoms with Crippen LogP contribution < -0.4 is 0 Å². The molecule has 0 bridgehead atoms. The Morgan fingerprint density at radius 1 is 1.29 bits per heavy atom.